The van der Waals surface area contributed by atoms with E-state index in [9.17, 15) is 4.79 Å². The van der Waals surface area contributed by atoms with Crippen LogP contribution in [0.3, 0.4) is 0 Å². The molecule has 6 heteroatoms. The van der Waals surface area contributed by atoms with Crippen molar-refractivity contribution in [2.24, 2.45) is 0 Å². The van der Waals surface area contributed by atoms with Gasteiger partial charge in [0.1, 0.15) is 6.04 Å². The van der Waals surface area contributed by atoms with E-state index in [0.29, 0.717) is 5.95 Å². The molecule has 32 heavy (non-hydrogen) atoms. The molecule has 5 rings (SSSR count). The van der Waals surface area contributed by atoms with Crippen LogP contribution in [0, 0.1) is 0 Å². The summed E-state index contributed by atoms with van der Waals surface area (Å²) in [5, 5.41) is 10.7. The molecule has 1 aromatic heterocycles. The maximum absolute atomic E-state index is 12.4. The van der Waals surface area contributed by atoms with Crippen LogP contribution in [0.15, 0.2) is 103 Å². The monoisotopic (exact) mass is 419 g/mol. The third-order valence-electron chi connectivity index (χ3n) is 5.15. The second-order valence-electron chi connectivity index (χ2n) is 7.36. The highest BCUT2D eigenvalue weighted by atomic mass is 16.1. The van der Waals surface area contributed by atoms with Crippen molar-refractivity contribution >= 4 is 29.6 Å². The van der Waals surface area contributed by atoms with E-state index in [0.717, 1.165) is 22.4 Å². The Hall–Kier alpha value is -4.45. The molecule has 3 aromatic carbocycles. The molecule has 0 fully saturated rings. The standard InChI is InChI=1S/C26H21N5O/c32-24(17-16-19-10-4-1-5-11-19)28-25-29-26-27-22(20-12-6-2-7-13-20)18-23(31(26)30-25)21-14-8-3-9-15-21/h1-18,23H,(H2,27,28,29,30,32)/b17-16+/t23-/m1/s1. The van der Waals surface area contributed by atoms with Gasteiger partial charge in [-0.05, 0) is 28.8 Å². The van der Waals surface area contributed by atoms with E-state index in [1.54, 1.807) is 10.8 Å². The van der Waals surface area contributed by atoms with Crippen LogP contribution in [0.2, 0.25) is 0 Å². The number of carbonyl (C=O) groups is 1. The van der Waals surface area contributed by atoms with Gasteiger partial charge in [-0.3, -0.25) is 10.1 Å². The Morgan fingerprint density at radius 2 is 1.56 bits per heavy atom. The van der Waals surface area contributed by atoms with Gasteiger partial charge in [0, 0.05) is 11.8 Å². The molecule has 1 aliphatic rings. The number of nitrogens with zero attached hydrogens (tertiary/aromatic N) is 3. The number of rotatable bonds is 5. The summed E-state index contributed by atoms with van der Waals surface area (Å²) in [6, 6.07) is 29.7. The zero-order chi connectivity index (χ0) is 21.8. The van der Waals surface area contributed by atoms with Gasteiger partial charge >= 0.3 is 0 Å². The van der Waals surface area contributed by atoms with Gasteiger partial charge in [-0.15, -0.1) is 5.10 Å². The van der Waals surface area contributed by atoms with Crippen molar-refractivity contribution < 1.29 is 4.79 Å². The van der Waals surface area contributed by atoms with Gasteiger partial charge in [-0.2, -0.15) is 4.98 Å². The number of anilines is 2. The number of hydrogen-bond donors (Lipinski definition) is 2. The first kappa shape index (κ1) is 19.5. The quantitative estimate of drug-likeness (QED) is 0.447. The van der Waals surface area contributed by atoms with Gasteiger partial charge in [-0.1, -0.05) is 91.0 Å². The highest BCUT2D eigenvalue weighted by molar-refractivity contribution is 6.01. The molecule has 1 aliphatic heterocycles. The number of carbonyl (C=O) groups excluding carboxylic acids is 1. The fourth-order valence-electron chi connectivity index (χ4n) is 3.61. The molecule has 0 saturated carbocycles. The van der Waals surface area contributed by atoms with E-state index in [2.05, 4.69) is 38.9 Å². The van der Waals surface area contributed by atoms with Crippen LogP contribution in [0.25, 0.3) is 11.8 Å². The fraction of sp³-hybridized carbons (Fsp3) is 0.0385. The van der Waals surface area contributed by atoms with Gasteiger partial charge < -0.3 is 5.32 Å². The topological polar surface area (TPSA) is 71.8 Å². The molecule has 2 heterocycles. The Labute approximate surface area is 185 Å². The second kappa shape index (κ2) is 8.73. The number of amides is 1. The first-order valence-electron chi connectivity index (χ1n) is 10.4. The zero-order valence-electron chi connectivity index (χ0n) is 17.2. The average Bonchev–Trinajstić information content (AvgIpc) is 3.26. The summed E-state index contributed by atoms with van der Waals surface area (Å²) in [6.45, 7) is 0. The van der Waals surface area contributed by atoms with Crippen LogP contribution < -0.4 is 10.6 Å². The number of allylic oxidation sites excluding steroid dienone is 1. The van der Waals surface area contributed by atoms with Crippen molar-refractivity contribution in [2.75, 3.05) is 10.6 Å². The van der Waals surface area contributed by atoms with Crippen molar-refractivity contribution in [3.63, 3.8) is 0 Å². The smallest absolute Gasteiger partial charge is 0.250 e. The lowest BCUT2D eigenvalue weighted by molar-refractivity contribution is -0.111. The van der Waals surface area contributed by atoms with Crippen molar-refractivity contribution in [3.05, 3.63) is 120 Å². The van der Waals surface area contributed by atoms with Crippen molar-refractivity contribution in [1.82, 2.24) is 14.8 Å². The van der Waals surface area contributed by atoms with Gasteiger partial charge in [0.05, 0.1) is 0 Å². The van der Waals surface area contributed by atoms with Crippen LogP contribution in [0.1, 0.15) is 22.7 Å². The lowest BCUT2D eigenvalue weighted by Gasteiger charge is -2.24. The Bertz CT molecular complexity index is 1280. The second-order valence-corrected chi connectivity index (χ2v) is 7.36. The normalized spacial score (nSPS) is 15.0. The van der Waals surface area contributed by atoms with Crippen molar-refractivity contribution in [1.29, 1.82) is 0 Å². The summed E-state index contributed by atoms with van der Waals surface area (Å²) in [5.41, 5.74) is 4.03. The molecule has 6 nitrogen and oxygen atoms in total. The Balaban J connectivity index is 1.43. The molecular weight excluding hydrogens is 398 g/mol. The number of fused-ring (bicyclic) bond motifs is 1. The maximum atomic E-state index is 12.4. The maximum Gasteiger partial charge on any atom is 0.250 e. The number of aromatic nitrogens is 3. The van der Waals surface area contributed by atoms with Crippen LogP contribution in [-0.2, 0) is 4.79 Å². The molecule has 0 bridgehead atoms. The minimum Gasteiger partial charge on any atom is -0.324 e. The highest BCUT2D eigenvalue weighted by Crippen LogP contribution is 2.33. The summed E-state index contributed by atoms with van der Waals surface area (Å²) in [4.78, 5) is 16.9. The van der Waals surface area contributed by atoms with E-state index in [-0.39, 0.29) is 17.9 Å². The third-order valence-corrected chi connectivity index (χ3v) is 5.15. The van der Waals surface area contributed by atoms with Crippen molar-refractivity contribution in [3.8, 4) is 0 Å². The van der Waals surface area contributed by atoms with E-state index in [4.69, 9.17) is 0 Å². The molecular formula is C26H21N5O. The van der Waals surface area contributed by atoms with Crippen LogP contribution in [-0.4, -0.2) is 20.7 Å². The number of hydrogen-bond acceptors (Lipinski definition) is 4. The third kappa shape index (κ3) is 4.20. The minimum absolute atomic E-state index is 0.152. The molecule has 0 aliphatic carbocycles. The molecule has 1 amide bonds. The molecule has 1 atom stereocenters. The van der Waals surface area contributed by atoms with E-state index in [1.807, 2.05) is 78.9 Å². The summed E-state index contributed by atoms with van der Waals surface area (Å²) < 4.78 is 1.79. The van der Waals surface area contributed by atoms with Gasteiger partial charge in [-0.25, -0.2) is 4.68 Å². The van der Waals surface area contributed by atoms with E-state index in [1.165, 1.54) is 6.08 Å². The summed E-state index contributed by atoms with van der Waals surface area (Å²) in [7, 11) is 0. The SMILES string of the molecule is O=C(/C=C/c1ccccc1)Nc1nc2n(n1)[C@@H](c1ccccc1)C=C(c1ccccc1)N2. The molecule has 4 aromatic rings. The first-order valence-corrected chi connectivity index (χ1v) is 10.4. The zero-order valence-corrected chi connectivity index (χ0v) is 17.2. The molecule has 0 radical (unpaired) electrons. The molecule has 0 unspecified atom stereocenters. The predicted molar refractivity (Wildman–Crippen MR) is 127 cm³/mol. The Morgan fingerprint density at radius 3 is 2.28 bits per heavy atom. The lowest BCUT2D eigenvalue weighted by atomic mass is 10.0. The Morgan fingerprint density at radius 1 is 0.906 bits per heavy atom. The lowest BCUT2D eigenvalue weighted by Crippen LogP contribution is -2.20. The van der Waals surface area contributed by atoms with E-state index >= 15 is 0 Å². The first-order chi connectivity index (χ1) is 15.8. The summed E-state index contributed by atoms with van der Waals surface area (Å²) in [6.07, 6.45) is 5.35. The summed E-state index contributed by atoms with van der Waals surface area (Å²) in [5.74, 6) is 0.533. The largest absolute Gasteiger partial charge is 0.324 e. The van der Waals surface area contributed by atoms with Crippen LogP contribution in [0.5, 0.6) is 0 Å². The average molecular weight is 419 g/mol. The predicted octanol–water partition coefficient (Wildman–Crippen LogP) is 4.99. The number of nitrogens with one attached hydrogen (secondary N) is 2. The van der Waals surface area contributed by atoms with Gasteiger partial charge in [0.15, 0.2) is 0 Å². The number of benzene rings is 3. The minimum atomic E-state index is -0.288. The molecule has 0 spiro atoms. The van der Waals surface area contributed by atoms with Crippen LogP contribution in [0.4, 0.5) is 11.9 Å². The highest BCUT2D eigenvalue weighted by Gasteiger charge is 2.25. The fourth-order valence-corrected chi connectivity index (χ4v) is 3.61. The molecule has 2 N–H and O–H groups in total. The summed E-state index contributed by atoms with van der Waals surface area (Å²) >= 11 is 0. The molecule has 156 valence electrons. The van der Waals surface area contributed by atoms with Crippen LogP contribution >= 0.6 is 0 Å². The molecule has 0 saturated heterocycles. The van der Waals surface area contributed by atoms with Gasteiger partial charge in [0.2, 0.25) is 5.95 Å². The van der Waals surface area contributed by atoms with Gasteiger partial charge in [0.25, 0.3) is 11.9 Å². The van der Waals surface area contributed by atoms with E-state index < -0.39 is 0 Å². The Kier molecular flexibility index (Phi) is 5.32. The van der Waals surface area contributed by atoms with Crippen molar-refractivity contribution in [2.45, 2.75) is 6.04 Å².